The number of nitrogens with one attached hydrogen (secondary N) is 3. The van der Waals surface area contributed by atoms with Gasteiger partial charge in [0, 0.05) is 11.6 Å². The molecule has 1 aliphatic heterocycles. The standard InChI is InChI=1S/C20H20F3N3O3S/c21-20(22,23)14-9-10-17-16(11-14)25-18(26-30(17,28)29)12-5-7-13(8-6-12)19(27)24-15-3-1-2-4-15/h5-11,15,18,25-26H,1-4H2,(H,24,27)/t18-/m1/s1. The molecule has 160 valence electrons. The molecule has 0 spiro atoms. The van der Waals surface area contributed by atoms with Gasteiger partial charge >= 0.3 is 6.18 Å². The largest absolute Gasteiger partial charge is 0.416 e. The van der Waals surface area contributed by atoms with Crippen LogP contribution in [0.1, 0.15) is 53.3 Å². The first-order chi connectivity index (χ1) is 14.1. The van der Waals surface area contributed by atoms with E-state index < -0.39 is 27.9 Å². The van der Waals surface area contributed by atoms with Gasteiger partial charge in [0.1, 0.15) is 11.1 Å². The van der Waals surface area contributed by atoms with Crippen molar-refractivity contribution in [1.82, 2.24) is 10.0 Å². The molecule has 1 atom stereocenters. The van der Waals surface area contributed by atoms with Gasteiger partial charge in [-0.25, -0.2) is 8.42 Å². The molecular formula is C20H20F3N3O3S. The van der Waals surface area contributed by atoms with Crippen molar-refractivity contribution in [3.63, 3.8) is 0 Å². The summed E-state index contributed by atoms with van der Waals surface area (Å²) in [5, 5.41) is 5.77. The zero-order valence-corrected chi connectivity index (χ0v) is 16.6. The highest BCUT2D eigenvalue weighted by Crippen LogP contribution is 2.37. The number of hydrogen-bond donors (Lipinski definition) is 3. The van der Waals surface area contributed by atoms with Gasteiger partial charge in [0.05, 0.1) is 11.3 Å². The average Bonchev–Trinajstić information content (AvgIpc) is 3.19. The summed E-state index contributed by atoms with van der Waals surface area (Å²) in [6.07, 6.45) is -1.45. The monoisotopic (exact) mass is 439 g/mol. The van der Waals surface area contributed by atoms with Crippen LogP contribution in [0.4, 0.5) is 18.9 Å². The third kappa shape index (κ3) is 4.15. The summed E-state index contributed by atoms with van der Waals surface area (Å²) in [6, 6.07) is 8.89. The highest BCUT2D eigenvalue weighted by atomic mass is 32.2. The van der Waals surface area contributed by atoms with Crippen molar-refractivity contribution in [2.45, 2.75) is 49.0 Å². The van der Waals surface area contributed by atoms with Crippen molar-refractivity contribution in [3.8, 4) is 0 Å². The van der Waals surface area contributed by atoms with Crippen molar-refractivity contribution in [2.24, 2.45) is 0 Å². The number of halogens is 3. The van der Waals surface area contributed by atoms with E-state index in [4.69, 9.17) is 0 Å². The summed E-state index contributed by atoms with van der Waals surface area (Å²) in [5.41, 5.74) is -0.164. The second kappa shape index (κ2) is 7.59. The molecule has 3 N–H and O–H groups in total. The van der Waals surface area contributed by atoms with Crippen LogP contribution in [0.3, 0.4) is 0 Å². The fourth-order valence-corrected chi connectivity index (χ4v) is 5.06. The van der Waals surface area contributed by atoms with Gasteiger partial charge in [0.15, 0.2) is 0 Å². The van der Waals surface area contributed by atoms with Crippen molar-refractivity contribution < 1.29 is 26.4 Å². The minimum Gasteiger partial charge on any atom is -0.364 e. The van der Waals surface area contributed by atoms with Gasteiger partial charge < -0.3 is 10.6 Å². The molecule has 0 radical (unpaired) electrons. The quantitative estimate of drug-likeness (QED) is 0.679. The van der Waals surface area contributed by atoms with Gasteiger partial charge in [-0.1, -0.05) is 25.0 Å². The van der Waals surface area contributed by atoms with E-state index in [1.54, 1.807) is 24.3 Å². The van der Waals surface area contributed by atoms with Crippen molar-refractivity contribution in [3.05, 3.63) is 59.2 Å². The molecule has 2 aliphatic rings. The Labute approximate surface area is 171 Å². The Hall–Kier alpha value is -2.59. The minimum atomic E-state index is -4.59. The maximum Gasteiger partial charge on any atom is 0.416 e. The first-order valence-corrected chi connectivity index (χ1v) is 11.0. The molecule has 0 aromatic heterocycles. The Kier molecular flexibility index (Phi) is 5.23. The van der Waals surface area contributed by atoms with Crippen LogP contribution in [-0.2, 0) is 16.2 Å². The Balaban J connectivity index is 1.55. The van der Waals surface area contributed by atoms with E-state index in [2.05, 4.69) is 15.4 Å². The Morgan fingerprint density at radius 2 is 1.70 bits per heavy atom. The first-order valence-electron chi connectivity index (χ1n) is 9.54. The van der Waals surface area contributed by atoms with Crippen LogP contribution in [0.25, 0.3) is 0 Å². The third-order valence-corrected chi connectivity index (χ3v) is 6.85. The number of sulfonamides is 1. The molecule has 10 heteroatoms. The lowest BCUT2D eigenvalue weighted by Crippen LogP contribution is -2.38. The van der Waals surface area contributed by atoms with E-state index in [0.29, 0.717) is 11.1 Å². The Morgan fingerprint density at radius 3 is 2.33 bits per heavy atom. The third-order valence-electron chi connectivity index (χ3n) is 5.37. The first kappa shape index (κ1) is 20.7. The van der Waals surface area contributed by atoms with Crippen LogP contribution in [0.15, 0.2) is 47.4 Å². The summed E-state index contributed by atoms with van der Waals surface area (Å²) in [4.78, 5) is 12.1. The summed E-state index contributed by atoms with van der Waals surface area (Å²) in [5.74, 6) is -0.203. The molecule has 0 bridgehead atoms. The van der Waals surface area contributed by atoms with Crippen molar-refractivity contribution >= 4 is 21.6 Å². The van der Waals surface area contributed by atoms with Gasteiger partial charge in [0.25, 0.3) is 5.91 Å². The summed E-state index contributed by atoms with van der Waals surface area (Å²) < 4.78 is 66.4. The molecule has 1 aliphatic carbocycles. The van der Waals surface area contributed by atoms with Crippen molar-refractivity contribution in [2.75, 3.05) is 5.32 Å². The zero-order valence-electron chi connectivity index (χ0n) is 15.8. The van der Waals surface area contributed by atoms with Crippen molar-refractivity contribution in [1.29, 1.82) is 0 Å². The van der Waals surface area contributed by atoms with E-state index in [9.17, 15) is 26.4 Å². The van der Waals surface area contributed by atoms with Gasteiger partial charge in [-0.2, -0.15) is 17.9 Å². The highest BCUT2D eigenvalue weighted by Gasteiger charge is 2.35. The predicted molar refractivity (Wildman–Crippen MR) is 104 cm³/mol. The van der Waals surface area contributed by atoms with E-state index in [1.807, 2.05) is 0 Å². The molecule has 0 unspecified atom stereocenters. The number of hydrogen-bond acceptors (Lipinski definition) is 4. The van der Waals surface area contributed by atoms with Crippen LogP contribution >= 0.6 is 0 Å². The molecule has 4 rings (SSSR count). The van der Waals surface area contributed by atoms with Gasteiger partial charge in [-0.15, -0.1) is 0 Å². The fourth-order valence-electron chi connectivity index (χ4n) is 3.77. The number of carbonyl (C=O) groups excluding carboxylic acids is 1. The van der Waals surface area contributed by atoms with Crippen LogP contribution < -0.4 is 15.4 Å². The Morgan fingerprint density at radius 1 is 1.03 bits per heavy atom. The molecule has 6 nitrogen and oxygen atoms in total. The number of anilines is 1. The van der Waals surface area contributed by atoms with E-state index in [0.717, 1.165) is 43.9 Å². The topological polar surface area (TPSA) is 87.3 Å². The van der Waals surface area contributed by atoms with Crippen LogP contribution in [0.5, 0.6) is 0 Å². The molecule has 2 aromatic carbocycles. The lowest BCUT2D eigenvalue weighted by Gasteiger charge is -2.29. The van der Waals surface area contributed by atoms with E-state index >= 15 is 0 Å². The predicted octanol–water partition coefficient (Wildman–Crippen LogP) is 3.78. The molecular weight excluding hydrogens is 419 g/mol. The summed E-state index contributed by atoms with van der Waals surface area (Å²) >= 11 is 0. The highest BCUT2D eigenvalue weighted by molar-refractivity contribution is 7.89. The lowest BCUT2D eigenvalue weighted by molar-refractivity contribution is -0.137. The molecule has 1 saturated carbocycles. The maximum absolute atomic E-state index is 13.0. The normalized spacial score (nSPS) is 21.0. The second-order valence-electron chi connectivity index (χ2n) is 7.48. The SMILES string of the molecule is O=C(NC1CCCC1)c1ccc([C@@H]2Nc3cc(C(F)(F)F)ccc3S(=O)(=O)N2)cc1. The molecule has 0 saturated heterocycles. The maximum atomic E-state index is 13.0. The molecule has 1 amide bonds. The summed E-state index contributed by atoms with van der Waals surface area (Å²) in [7, 11) is -4.00. The summed E-state index contributed by atoms with van der Waals surface area (Å²) in [6.45, 7) is 0. The fraction of sp³-hybridized carbons (Fsp3) is 0.350. The van der Waals surface area contributed by atoms with Gasteiger partial charge in [0.2, 0.25) is 10.0 Å². The number of fused-ring (bicyclic) bond motifs is 1. The van der Waals surface area contributed by atoms with Crippen LogP contribution in [0.2, 0.25) is 0 Å². The number of amides is 1. The molecule has 2 aromatic rings. The number of benzene rings is 2. The number of carbonyl (C=O) groups is 1. The van der Waals surface area contributed by atoms with Crippen LogP contribution in [0, 0.1) is 0 Å². The van der Waals surface area contributed by atoms with E-state index in [1.165, 1.54) is 0 Å². The second-order valence-corrected chi connectivity index (χ2v) is 9.17. The zero-order chi connectivity index (χ0) is 21.5. The molecule has 1 heterocycles. The lowest BCUT2D eigenvalue weighted by atomic mass is 10.1. The smallest absolute Gasteiger partial charge is 0.364 e. The van der Waals surface area contributed by atoms with Crippen LogP contribution in [-0.4, -0.2) is 20.4 Å². The molecule has 1 fully saturated rings. The number of alkyl halides is 3. The number of rotatable bonds is 3. The average molecular weight is 439 g/mol. The Bertz CT molecular complexity index is 1060. The van der Waals surface area contributed by atoms with Gasteiger partial charge in [-0.05, 0) is 48.7 Å². The molecule has 30 heavy (non-hydrogen) atoms. The van der Waals surface area contributed by atoms with E-state index in [-0.39, 0.29) is 22.5 Å². The minimum absolute atomic E-state index is 0.128. The van der Waals surface area contributed by atoms with Gasteiger partial charge in [-0.3, -0.25) is 4.79 Å².